The van der Waals surface area contributed by atoms with Crippen LogP contribution in [0.1, 0.15) is 23.7 Å². The van der Waals surface area contributed by atoms with E-state index < -0.39 is 0 Å². The number of guanidine groups is 1. The predicted octanol–water partition coefficient (Wildman–Crippen LogP) is 4.58. The lowest BCUT2D eigenvalue weighted by molar-refractivity contribution is 0.592. The second-order valence-electron chi connectivity index (χ2n) is 7.23. The normalized spacial score (nSPS) is 17.4. The lowest BCUT2D eigenvalue weighted by atomic mass is 10.0. The van der Waals surface area contributed by atoms with Crippen LogP contribution in [-0.2, 0) is 6.42 Å². The number of imidazole rings is 1. The highest BCUT2D eigenvalue weighted by atomic mass is 19.1. The van der Waals surface area contributed by atoms with Crippen molar-refractivity contribution in [3.05, 3.63) is 83.9 Å². The van der Waals surface area contributed by atoms with E-state index in [0.717, 1.165) is 22.5 Å². The molecule has 1 aliphatic rings. The highest BCUT2D eigenvalue weighted by Crippen LogP contribution is 2.31. The van der Waals surface area contributed by atoms with Crippen LogP contribution in [-0.4, -0.2) is 28.1 Å². The van der Waals surface area contributed by atoms with Gasteiger partial charge in [-0.1, -0.05) is 12.1 Å². The van der Waals surface area contributed by atoms with Gasteiger partial charge in [-0.15, -0.1) is 0 Å². The molecule has 4 aromatic rings. The van der Waals surface area contributed by atoms with Crippen molar-refractivity contribution in [2.75, 3.05) is 6.54 Å². The maximum Gasteiger partial charge on any atom is 0.306 e. The molecule has 1 unspecified atom stereocenters. The number of hydrogen-bond acceptors (Lipinski definition) is 3. The molecule has 1 atom stereocenters. The van der Waals surface area contributed by atoms with Crippen LogP contribution in [0.15, 0.2) is 75.4 Å². The Kier molecular flexibility index (Phi) is 5.03. The molecule has 8 heteroatoms. The number of aromatic nitrogens is 2. The van der Waals surface area contributed by atoms with Crippen LogP contribution in [0.3, 0.4) is 0 Å². The van der Waals surface area contributed by atoms with Crippen molar-refractivity contribution >= 4 is 18.0 Å². The number of nitrogens with one attached hydrogen (secondary N) is 1. The van der Waals surface area contributed by atoms with Crippen molar-refractivity contribution in [3.8, 4) is 11.3 Å². The minimum atomic E-state index is -0.299. The summed E-state index contributed by atoms with van der Waals surface area (Å²) in [5.41, 5.74) is 3.43. The number of halogens is 2. The number of nitrogens with zero attached hydrogens (tertiary/aromatic N) is 4. The molecule has 0 saturated carbocycles. The molecule has 1 aliphatic heterocycles. The zero-order chi connectivity index (χ0) is 21.2. The highest BCUT2D eigenvalue weighted by molar-refractivity contribution is 5.91. The Morgan fingerprint density at radius 3 is 2.58 bits per heavy atom. The van der Waals surface area contributed by atoms with E-state index in [-0.39, 0.29) is 17.7 Å². The standard InChI is InChI=1S/C23H19F2N5O/c24-17-5-1-15(2-6-17)9-11-26-22-27-12-10-19(28-22)21-20(16-3-7-18(25)8-4-16)29-23-30(21)13-14-31-23/h1-8,12-14,19H,9-11H2,(H,26,28). The van der Waals surface area contributed by atoms with E-state index in [0.29, 0.717) is 31.2 Å². The average Bonchev–Trinajstić information content (AvgIpc) is 3.37. The quantitative estimate of drug-likeness (QED) is 0.515. The molecule has 31 heavy (non-hydrogen) atoms. The molecule has 156 valence electrons. The van der Waals surface area contributed by atoms with E-state index >= 15 is 0 Å². The second kappa shape index (κ2) is 8.14. The number of benzene rings is 2. The van der Waals surface area contributed by atoms with Crippen molar-refractivity contribution in [1.29, 1.82) is 0 Å². The van der Waals surface area contributed by atoms with E-state index in [1.165, 1.54) is 24.3 Å². The van der Waals surface area contributed by atoms with Crippen LogP contribution >= 0.6 is 0 Å². The molecule has 0 bridgehead atoms. The van der Waals surface area contributed by atoms with E-state index in [1.54, 1.807) is 30.5 Å². The minimum absolute atomic E-state index is 0.130. The fraction of sp³-hybridized carbons (Fsp3) is 0.174. The molecule has 0 amide bonds. The van der Waals surface area contributed by atoms with Crippen LogP contribution in [0.2, 0.25) is 0 Å². The van der Waals surface area contributed by atoms with Crippen LogP contribution < -0.4 is 5.32 Å². The van der Waals surface area contributed by atoms with Crippen LogP contribution in [0.4, 0.5) is 8.78 Å². The smallest absolute Gasteiger partial charge is 0.306 e. The SMILES string of the molecule is Fc1ccc(CCN=C2N=CCC(c3c(-c4ccc(F)cc4)nc4occn34)N2)cc1. The van der Waals surface area contributed by atoms with Gasteiger partial charge >= 0.3 is 5.84 Å². The van der Waals surface area contributed by atoms with Gasteiger partial charge in [0, 0.05) is 30.9 Å². The molecule has 0 spiro atoms. The summed E-state index contributed by atoms with van der Waals surface area (Å²) in [6.07, 6.45) is 6.54. The Morgan fingerprint density at radius 1 is 1.06 bits per heavy atom. The van der Waals surface area contributed by atoms with Crippen LogP contribution in [0.25, 0.3) is 17.1 Å². The maximum absolute atomic E-state index is 13.4. The zero-order valence-corrected chi connectivity index (χ0v) is 16.5. The second-order valence-corrected chi connectivity index (χ2v) is 7.23. The van der Waals surface area contributed by atoms with Crippen molar-refractivity contribution in [2.24, 2.45) is 9.98 Å². The van der Waals surface area contributed by atoms with Gasteiger partial charge in [-0.25, -0.2) is 13.8 Å². The third-order valence-corrected chi connectivity index (χ3v) is 5.18. The molecule has 0 saturated heterocycles. The summed E-state index contributed by atoms with van der Waals surface area (Å²) in [5, 5.41) is 3.37. The van der Waals surface area contributed by atoms with Crippen molar-refractivity contribution in [3.63, 3.8) is 0 Å². The average molecular weight is 419 g/mol. The van der Waals surface area contributed by atoms with Gasteiger partial charge in [0.05, 0.1) is 17.4 Å². The monoisotopic (exact) mass is 419 g/mol. The van der Waals surface area contributed by atoms with Crippen molar-refractivity contribution in [1.82, 2.24) is 14.7 Å². The number of rotatable bonds is 5. The summed E-state index contributed by atoms with van der Waals surface area (Å²) < 4.78 is 33.8. The third-order valence-electron chi connectivity index (χ3n) is 5.18. The van der Waals surface area contributed by atoms with Gasteiger partial charge < -0.3 is 9.73 Å². The molecule has 0 fully saturated rings. The van der Waals surface area contributed by atoms with Gasteiger partial charge in [0.15, 0.2) is 0 Å². The molecule has 0 aliphatic carbocycles. The van der Waals surface area contributed by atoms with Gasteiger partial charge in [0.25, 0.3) is 0 Å². The lowest BCUT2D eigenvalue weighted by Crippen LogP contribution is -2.32. The zero-order valence-electron chi connectivity index (χ0n) is 16.5. The first-order valence-corrected chi connectivity index (χ1v) is 9.97. The topological polar surface area (TPSA) is 67.2 Å². The maximum atomic E-state index is 13.4. The van der Waals surface area contributed by atoms with Crippen molar-refractivity contribution in [2.45, 2.75) is 18.9 Å². The van der Waals surface area contributed by atoms with Gasteiger partial charge in [-0.3, -0.25) is 9.39 Å². The Balaban J connectivity index is 1.39. The molecule has 2 aromatic heterocycles. The van der Waals surface area contributed by atoms with E-state index in [9.17, 15) is 8.78 Å². The Bertz CT molecular complexity index is 1260. The third kappa shape index (κ3) is 3.96. The summed E-state index contributed by atoms with van der Waals surface area (Å²) in [5.74, 6) is 0.446. The van der Waals surface area contributed by atoms with Gasteiger partial charge in [-0.2, -0.15) is 4.98 Å². The number of hydrogen-bond donors (Lipinski definition) is 1. The lowest BCUT2D eigenvalue weighted by Gasteiger charge is -2.22. The first-order valence-electron chi connectivity index (χ1n) is 9.97. The van der Waals surface area contributed by atoms with Gasteiger partial charge in [0.2, 0.25) is 5.96 Å². The largest absolute Gasteiger partial charge is 0.432 e. The van der Waals surface area contributed by atoms with Crippen LogP contribution in [0.5, 0.6) is 0 Å². The van der Waals surface area contributed by atoms with E-state index in [2.05, 4.69) is 20.3 Å². The first-order chi connectivity index (χ1) is 15.2. The summed E-state index contributed by atoms with van der Waals surface area (Å²) >= 11 is 0. The molecule has 0 radical (unpaired) electrons. The predicted molar refractivity (Wildman–Crippen MR) is 114 cm³/mol. The summed E-state index contributed by atoms with van der Waals surface area (Å²) in [7, 11) is 0. The first kappa shape index (κ1) is 19.2. The molecule has 5 rings (SSSR count). The van der Waals surface area contributed by atoms with Gasteiger partial charge in [-0.05, 0) is 48.4 Å². The number of fused-ring (bicyclic) bond motifs is 1. The molecule has 1 N–H and O–H groups in total. The summed E-state index contributed by atoms with van der Waals surface area (Å²) in [6, 6.07) is 12.5. The van der Waals surface area contributed by atoms with Crippen LogP contribution in [0, 0.1) is 11.6 Å². The highest BCUT2D eigenvalue weighted by Gasteiger charge is 2.26. The molecule has 6 nitrogen and oxygen atoms in total. The molecule has 2 aromatic carbocycles. The molecular weight excluding hydrogens is 400 g/mol. The van der Waals surface area contributed by atoms with E-state index in [1.807, 2.05) is 16.8 Å². The van der Waals surface area contributed by atoms with E-state index in [4.69, 9.17) is 4.42 Å². The summed E-state index contributed by atoms with van der Waals surface area (Å²) in [6.45, 7) is 0.524. The molecular formula is C23H19F2N5O. The van der Waals surface area contributed by atoms with Gasteiger partial charge in [0.1, 0.15) is 17.9 Å². The fourth-order valence-corrected chi connectivity index (χ4v) is 3.66. The van der Waals surface area contributed by atoms with Crippen molar-refractivity contribution < 1.29 is 13.2 Å². The summed E-state index contributed by atoms with van der Waals surface area (Å²) in [4.78, 5) is 13.5. The number of aliphatic imine (C=N–C) groups is 2. The Hall–Kier alpha value is -3.81. The number of oxazole rings is 1. The minimum Gasteiger partial charge on any atom is -0.432 e. The Morgan fingerprint density at radius 2 is 1.81 bits per heavy atom. The Labute approximate surface area is 177 Å². The fourth-order valence-electron chi connectivity index (χ4n) is 3.66. The molecule has 3 heterocycles.